The van der Waals surface area contributed by atoms with Crippen molar-refractivity contribution >= 4 is 5.91 Å². The largest absolute Gasteiger partial charge is 0.351 e. The number of H-pyrrole nitrogens is 1. The summed E-state index contributed by atoms with van der Waals surface area (Å²) in [6.45, 7) is 3.13. The first-order valence-corrected chi connectivity index (χ1v) is 6.99. The maximum Gasteiger partial charge on any atom is 0.271 e. The number of amides is 1. The Bertz CT molecular complexity index is 655. The normalized spacial score (nSPS) is 10.6. The van der Waals surface area contributed by atoms with Crippen LogP contribution in [0.3, 0.4) is 0 Å². The van der Waals surface area contributed by atoms with Crippen LogP contribution in [0, 0.1) is 6.92 Å². The second kappa shape index (κ2) is 6.90. The Morgan fingerprint density at radius 1 is 1.29 bits per heavy atom. The molecule has 112 valence electrons. The van der Waals surface area contributed by atoms with Crippen molar-refractivity contribution in [3.8, 4) is 5.69 Å². The number of hydrogen-bond donors (Lipinski definition) is 3. The molecule has 6 heteroatoms. The molecule has 1 heterocycles. The second-order valence-electron chi connectivity index (χ2n) is 4.93. The monoisotopic (exact) mass is 288 g/mol. The molecule has 4 N–H and O–H groups in total. The third kappa shape index (κ3) is 3.82. The minimum absolute atomic E-state index is 0.258. The summed E-state index contributed by atoms with van der Waals surface area (Å²) in [5, 5.41) is 5.58. The molecular weight excluding hydrogens is 268 g/mol. The zero-order chi connectivity index (χ0) is 15.2. The highest BCUT2D eigenvalue weighted by Gasteiger charge is 2.11. The Kier molecular flexibility index (Phi) is 4.94. The molecule has 2 rings (SSSR count). The fourth-order valence-electron chi connectivity index (χ4n) is 1.96. The summed E-state index contributed by atoms with van der Waals surface area (Å²) in [7, 11) is 0. The Labute approximate surface area is 122 Å². The molecule has 0 atom stereocenters. The van der Waals surface area contributed by atoms with Crippen LogP contribution in [0.2, 0.25) is 0 Å². The van der Waals surface area contributed by atoms with Crippen molar-refractivity contribution in [2.75, 3.05) is 13.1 Å². The molecule has 21 heavy (non-hydrogen) atoms. The van der Waals surface area contributed by atoms with E-state index in [4.69, 9.17) is 5.73 Å². The van der Waals surface area contributed by atoms with E-state index in [0.717, 1.165) is 18.4 Å². The van der Waals surface area contributed by atoms with Crippen molar-refractivity contribution in [1.29, 1.82) is 0 Å². The van der Waals surface area contributed by atoms with Crippen LogP contribution in [0.15, 0.2) is 35.1 Å². The highest BCUT2D eigenvalue weighted by atomic mass is 16.2. The summed E-state index contributed by atoms with van der Waals surface area (Å²) < 4.78 is 1.36. The SMILES string of the molecule is Cc1ccc(-n2[nH]c(C(=O)NCCCCN)cc2=O)cc1. The van der Waals surface area contributed by atoms with Gasteiger partial charge >= 0.3 is 0 Å². The zero-order valence-electron chi connectivity index (χ0n) is 12.1. The lowest BCUT2D eigenvalue weighted by molar-refractivity contribution is 0.0947. The van der Waals surface area contributed by atoms with Crippen LogP contribution < -0.4 is 16.6 Å². The Morgan fingerprint density at radius 3 is 2.67 bits per heavy atom. The Balaban J connectivity index is 2.10. The van der Waals surface area contributed by atoms with Crippen molar-refractivity contribution in [3.63, 3.8) is 0 Å². The van der Waals surface area contributed by atoms with Crippen LogP contribution in [0.4, 0.5) is 0 Å². The number of nitrogens with two attached hydrogens (primary N) is 1. The highest BCUT2D eigenvalue weighted by molar-refractivity contribution is 5.92. The minimum atomic E-state index is -0.282. The van der Waals surface area contributed by atoms with Crippen LogP contribution in [-0.4, -0.2) is 28.8 Å². The molecule has 0 aliphatic rings. The molecule has 0 saturated carbocycles. The van der Waals surface area contributed by atoms with Gasteiger partial charge in [-0.1, -0.05) is 17.7 Å². The fourth-order valence-corrected chi connectivity index (χ4v) is 1.96. The van der Waals surface area contributed by atoms with Gasteiger partial charge in [0.05, 0.1) is 5.69 Å². The number of unbranched alkanes of at least 4 members (excludes halogenated alkanes) is 1. The number of nitrogens with zero attached hydrogens (tertiary/aromatic N) is 1. The first-order valence-electron chi connectivity index (χ1n) is 6.99. The number of aromatic amines is 1. The minimum Gasteiger partial charge on any atom is -0.351 e. The topological polar surface area (TPSA) is 92.9 Å². The van der Waals surface area contributed by atoms with Crippen molar-refractivity contribution in [1.82, 2.24) is 15.1 Å². The fraction of sp³-hybridized carbons (Fsp3) is 0.333. The molecule has 1 aromatic heterocycles. The number of nitrogens with one attached hydrogen (secondary N) is 2. The standard InChI is InChI=1S/C15H20N4O2/c1-11-4-6-12(7-5-11)19-14(20)10-13(18-19)15(21)17-9-3-2-8-16/h4-7,10,18H,2-3,8-9,16H2,1H3,(H,17,21). The number of benzene rings is 1. The molecule has 0 aliphatic heterocycles. The summed E-state index contributed by atoms with van der Waals surface area (Å²) in [5.74, 6) is -0.282. The van der Waals surface area contributed by atoms with Crippen molar-refractivity contribution in [3.05, 3.63) is 51.9 Å². The lowest BCUT2D eigenvalue weighted by Crippen LogP contribution is -2.25. The number of hydrogen-bond acceptors (Lipinski definition) is 3. The molecule has 1 aromatic carbocycles. The molecule has 1 amide bonds. The van der Waals surface area contributed by atoms with Gasteiger partial charge in [0.15, 0.2) is 0 Å². The number of carbonyl (C=O) groups is 1. The van der Waals surface area contributed by atoms with Gasteiger partial charge in [0.25, 0.3) is 11.5 Å². The quantitative estimate of drug-likeness (QED) is 0.691. The first kappa shape index (κ1) is 15.1. The lowest BCUT2D eigenvalue weighted by Gasteiger charge is -2.04. The van der Waals surface area contributed by atoms with Crippen LogP contribution in [-0.2, 0) is 0 Å². The van der Waals surface area contributed by atoms with Gasteiger partial charge < -0.3 is 11.1 Å². The predicted octanol–water partition coefficient (Wildman–Crippen LogP) is 0.943. The van der Waals surface area contributed by atoms with E-state index in [9.17, 15) is 9.59 Å². The van der Waals surface area contributed by atoms with Gasteiger partial charge in [0, 0.05) is 12.6 Å². The van der Waals surface area contributed by atoms with Crippen LogP contribution in [0.5, 0.6) is 0 Å². The van der Waals surface area contributed by atoms with Gasteiger partial charge in [-0.2, -0.15) is 0 Å². The zero-order valence-corrected chi connectivity index (χ0v) is 12.1. The van der Waals surface area contributed by atoms with Gasteiger partial charge in [-0.05, 0) is 38.4 Å². The number of carbonyl (C=O) groups excluding carboxylic acids is 1. The molecule has 0 unspecified atom stereocenters. The summed E-state index contributed by atoms with van der Waals surface area (Å²) in [5.41, 5.74) is 7.20. The maximum absolute atomic E-state index is 11.9. The van der Waals surface area contributed by atoms with E-state index in [0.29, 0.717) is 18.8 Å². The van der Waals surface area contributed by atoms with E-state index in [2.05, 4.69) is 10.4 Å². The van der Waals surface area contributed by atoms with Crippen LogP contribution in [0.25, 0.3) is 5.69 Å². The van der Waals surface area contributed by atoms with E-state index in [-0.39, 0.29) is 17.2 Å². The molecule has 0 spiro atoms. The number of rotatable bonds is 6. The predicted molar refractivity (Wildman–Crippen MR) is 81.7 cm³/mol. The van der Waals surface area contributed by atoms with Gasteiger partial charge in [-0.3, -0.25) is 14.7 Å². The molecule has 0 aliphatic carbocycles. The summed E-state index contributed by atoms with van der Waals surface area (Å²) in [6.07, 6.45) is 1.69. The van der Waals surface area contributed by atoms with Crippen molar-refractivity contribution in [2.45, 2.75) is 19.8 Å². The average molecular weight is 288 g/mol. The van der Waals surface area contributed by atoms with Gasteiger partial charge in [-0.25, -0.2) is 4.68 Å². The van der Waals surface area contributed by atoms with Gasteiger partial charge in [-0.15, -0.1) is 0 Å². The molecule has 0 fully saturated rings. The van der Waals surface area contributed by atoms with Gasteiger partial charge in [0.1, 0.15) is 5.69 Å². The summed E-state index contributed by atoms with van der Waals surface area (Å²) in [6, 6.07) is 8.79. The molecule has 0 bridgehead atoms. The molecule has 0 radical (unpaired) electrons. The van der Waals surface area contributed by atoms with Crippen LogP contribution >= 0.6 is 0 Å². The number of aromatic nitrogens is 2. The van der Waals surface area contributed by atoms with E-state index in [1.807, 2.05) is 31.2 Å². The van der Waals surface area contributed by atoms with E-state index in [1.54, 1.807) is 0 Å². The highest BCUT2D eigenvalue weighted by Crippen LogP contribution is 2.06. The van der Waals surface area contributed by atoms with E-state index < -0.39 is 0 Å². The third-order valence-corrected chi connectivity index (χ3v) is 3.17. The molecule has 6 nitrogen and oxygen atoms in total. The molecule has 0 saturated heterocycles. The summed E-state index contributed by atoms with van der Waals surface area (Å²) in [4.78, 5) is 23.9. The summed E-state index contributed by atoms with van der Waals surface area (Å²) >= 11 is 0. The van der Waals surface area contributed by atoms with Crippen molar-refractivity contribution < 1.29 is 4.79 Å². The molecular formula is C15H20N4O2. The smallest absolute Gasteiger partial charge is 0.271 e. The average Bonchev–Trinajstić information content (AvgIpc) is 2.86. The van der Waals surface area contributed by atoms with E-state index in [1.165, 1.54) is 10.7 Å². The Hall–Kier alpha value is -2.34. The number of aryl methyl sites for hydroxylation is 1. The van der Waals surface area contributed by atoms with Crippen LogP contribution in [0.1, 0.15) is 28.9 Å². The maximum atomic E-state index is 11.9. The first-order chi connectivity index (χ1) is 10.1. The van der Waals surface area contributed by atoms with Crippen molar-refractivity contribution in [2.24, 2.45) is 5.73 Å². The Morgan fingerprint density at radius 2 is 2.00 bits per heavy atom. The molecule has 2 aromatic rings. The second-order valence-corrected chi connectivity index (χ2v) is 4.93. The van der Waals surface area contributed by atoms with Gasteiger partial charge in [0.2, 0.25) is 0 Å². The third-order valence-electron chi connectivity index (χ3n) is 3.17. The van der Waals surface area contributed by atoms with E-state index >= 15 is 0 Å². The lowest BCUT2D eigenvalue weighted by atomic mass is 10.2.